The van der Waals surface area contributed by atoms with Gasteiger partial charge in [0.2, 0.25) is 0 Å². The van der Waals surface area contributed by atoms with Crippen molar-refractivity contribution in [1.82, 2.24) is 0 Å². The van der Waals surface area contributed by atoms with Crippen LogP contribution in [0.4, 0.5) is 26.3 Å². The first kappa shape index (κ1) is 26.3. The summed E-state index contributed by atoms with van der Waals surface area (Å²) >= 11 is 0. The maximum absolute atomic E-state index is 13.0. The molecular weight excluding hydrogens is 414 g/mol. The van der Waals surface area contributed by atoms with Gasteiger partial charge in [-0.1, -0.05) is 53.7 Å². The number of ether oxygens (including phenoxy) is 1. The Morgan fingerprint density at radius 1 is 0.833 bits per heavy atom. The molecule has 1 atom stereocenters. The number of benzene rings is 1. The third-order valence-corrected chi connectivity index (χ3v) is 5.29. The average molecular weight is 442 g/mol. The topological polar surface area (TPSA) is 46.5 Å². The minimum absolute atomic E-state index is 0.222. The van der Waals surface area contributed by atoms with Crippen LogP contribution in [0.3, 0.4) is 0 Å². The van der Waals surface area contributed by atoms with E-state index in [0.717, 1.165) is 12.1 Å². The lowest BCUT2D eigenvalue weighted by atomic mass is 9.61. The van der Waals surface area contributed by atoms with Crippen LogP contribution >= 0.6 is 0 Å². The summed E-state index contributed by atoms with van der Waals surface area (Å²) < 4.78 is 83.2. The summed E-state index contributed by atoms with van der Waals surface area (Å²) in [6, 6.07) is 2.50. The van der Waals surface area contributed by atoms with Crippen LogP contribution in [0.5, 0.6) is 5.75 Å². The molecule has 0 heterocycles. The van der Waals surface area contributed by atoms with E-state index in [2.05, 4.69) is 0 Å². The molecular formula is C21H28F6O3. The van der Waals surface area contributed by atoms with Crippen molar-refractivity contribution < 1.29 is 41.0 Å². The largest absolute Gasteiger partial charge is 0.430 e. The quantitative estimate of drug-likeness (QED) is 0.334. The maximum atomic E-state index is 13.0. The van der Waals surface area contributed by atoms with Gasteiger partial charge in [-0.25, -0.2) is 0 Å². The molecule has 0 spiro atoms. The highest BCUT2D eigenvalue weighted by atomic mass is 19.4. The van der Waals surface area contributed by atoms with Crippen molar-refractivity contribution >= 4 is 5.97 Å². The fraction of sp³-hybridized carbons (Fsp3) is 0.667. The predicted octanol–water partition coefficient (Wildman–Crippen LogP) is 6.39. The number of esters is 1. The smallest absolute Gasteiger partial charge is 0.426 e. The number of carbonyl (C=O) groups excluding carboxylic acids is 1. The Labute approximate surface area is 172 Å². The highest BCUT2D eigenvalue weighted by molar-refractivity contribution is 5.79. The molecule has 1 N–H and O–H groups in total. The summed E-state index contributed by atoms with van der Waals surface area (Å²) in [5, 5.41) is 9.43. The Balaban J connectivity index is 3.27. The molecule has 1 rings (SSSR count). The second kappa shape index (κ2) is 7.73. The molecule has 0 aliphatic rings. The highest BCUT2D eigenvalue weighted by Crippen LogP contribution is 2.50. The lowest BCUT2D eigenvalue weighted by Crippen LogP contribution is -2.53. The van der Waals surface area contributed by atoms with E-state index in [-0.39, 0.29) is 11.2 Å². The Morgan fingerprint density at radius 2 is 1.23 bits per heavy atom. The van der Waals surface area contributed by atoms with E-state index in [0.29, 0.717) is 18.6 Å². The van der Waals surface area contributed by atoms with Crippen molar-refractivity contribution in [2.75, 3.05) is 0 Å². The Kier molecular flexibility index (Phi) is 6.77. The summed E-state index contributed by atoms with van der Waals surface area (Å²) in [6.45, 7) is 13.1. The average Bonchev–Trinajstić information content (AvgIpc) is 2.49. The van der Waals surface area contributed by atoms with E-state index in [1.165, 1.54) is 0 Å². The molecule has 0 aliphatic heterocycles. The minimum Gasteiger partial charge on any atom is -0.426 e. The molecule has 0 amide bonds. The fourth-order valence-electron chi connectivity index (χ4n) is 3.18. The molecule has 1 aromatic rings. The van der Waals surface area contributed by atoms with Gasteiger partial charge in [0, 0.05) is 5.56 Å². The summed E-state index contributed by atoms with van der Waals surface area (Å²) in [7, 11) is 0. The molecule has 0 saturated heterocycles. The standard InChI is InChI=1S/C21H28F6O3/c1-16(2,3)12-18(7,17(4,5)6)15(28)30-14-10-8-13(9-11-14)19(29,20(22,23)24)21(25,26)27/h8-11,29H,12H2,1-7H3. The van der Waals surface area contributed by atoms with Gasteiger partial charge in [0.05, 0.1) is 5.41 Å². The van der Waals surface area contributed by atoms with Gasteiger partial charge < -0.3 is 9.84 Å². The fourth-order valence-corrected chi connectivity index (χ4v) is 3.18. The van der Waals surface area contributed by atoms with E-state index in [1.54, 1.807) is 6.92 Å². The molecule has 0 saturated carbocycles. The minimum atomic E-state index is -5.99. The predicted molar refractivity (Wildman–Crippen MR) is 99.7 cm³/mol. The molecule has 1 unspecified atom stereocenters. The van der Waals surface area contributed by atoms with Crippen LogP contribution < -0.4 is 4.74 Å². The normalized spacial score (nSPS) is 16.2. The monoisotopic (exact) mass is 442 g/mol. The van der Waals surface area contributed by atoms with Crippen molar-refractivity contribution in [2.24, 2.45) is 16.2 Å². The first-order valence-corrected chi connectivity index (χ1v) is 9.25. The second-order valence-corrected chi connectivity index (χ2v) is 9.94. The zero-order chi connectivity index (χ0) is 24.0. The van der Waals surface area contributed by atoms with Gasteiger partial charge in [-0.2, -0.15) is 26.3 Å². The zero-order valence-corrected chi connectivity index (χ0v) is 18.0. The number of carbonyl (C=O) groups is 1. The van der Waals surface area contributed by atoms with Crippen LogP contribution in [-0.4, -0.2) is 23.4 Å². The number of hydrogen-bond donors (Lipinski definition) is 1. The number of rotatable bonds is 4. The molecule has 3 nitrogen and oxygen atoms in total. The number of aliphatic hydroxyl groups is 1. The van der Waals surface area contributed by atoms with Crippen LogP contribution in [0.1, 0.15) is 60.5 Å². The second-order valence-electron chi connectivity index (χ2n) is 9.94. The summed E-state index contributed by atoms with van der Waals surface area (Å²) in [5.41, 5.74) is -8.22. The lowest BCUT2D eigenvalue weighted by Gasteiger charge is -2.43. The molecule has 0 radical (unpaired) electrons. The molecule has 0 bridgehead atoms. The molecule has 1 aromatic carbocycles. The van der Waals surface area contributed by atoms with Gasteiger partial charge in [-0.3, -0.25) is 4.79 Å². The first-order valence-electron chi connectivity index (χ1n) is 9.25. The van der Waals surface area contributed by atoms with Crippen LogP contribution in [0.25, 0.3) is 0 Å². The van der Waals surface area contributed by atoms with E-state index in [4.69, 9.17) is 4.74 Å². The van der Waals surface area contributed by atoms with Crippen molar-refractivity contribution in [3.8, 4) is 5.75 Å². The van der Waals surface area contributed by atoms with Crippen molar-refractivity contribution in [2.45, 2.75) is 72.8 Å². The van der Waals surface area contributed by atoms with Crippen molar-refractivity contribution in [3.05, 3.63) is 29.8 Å². The van der Waals surface area contributed by atoms with Crippen molar-refractivity contribution in [1.29, 1.82) is 0 Å². The molecule has 0 aliphatic carbocycles. The number of hydrogen-bond acceptors (Lipinski definition) is 3. The van der Waals surface area contributed by atoms with Gasteiger partial charge in [0.25, 0.3) is 5.60 Å². The number of alkyl halides is 6. The molecule has 0 fully saturated rings. The SMILES string of the molecule is CC(C)(C)CC(C)(C(=O)Oc1ccc(C(O)(C(F)(F)F)C(F)(F)F)cc1)C(C)(C)C. The van der Waals surface area contributed by atoms with E-state index in [1.807, 2.05) is 41.5 Å². The highest BCUT2D eigenvalue weighted by Gasteiger charge is 2.71. The maximum Gasteiger partial charge on any atom is 0.430 e. The van der Waals surface area contributed by atoms with E-state index >= 15 is 0 Å². The van der Waals surface area contributed by atoms with Gasteiger partial charge >= 0.3 is 18.3 Å². The third-order valence-electron chi connectivity index (χ3n) is 5.29. The van der Waals surface area contributed by atoms with Crippen molar-refractivity contribution in [3.63, 3.8) is 0 Å². The summed E-state index contributed by atoms with van der Waals surface area (Å²) in [5.74, 6) is -0.876. The van der Waals surface area contributed by atoms with Crippen LogP contribution in [0, 0.1) is 16.2 Å². The lowest BCUT2D eigenvalue weighted by molar-refractivity contribution is -0.376. The van der Waals surface area contributed by atoms with Crippen LogP contribution in [0.2, 0.25) is 0 Å². The van der Waals surface area contributed by atoms with Gasteiger partial charge in [-0.05, 0) is 36.3 Å². The van der Waals surface area contributed by atoms with Crippen LogP contribution in [0.15, 0.2) is 24.3 Å². The Bertz CT molecular complexity index is 737. The Morgan fingerprint density at radius 3 is 1.53 bits per heavy atom. The summed E-state index contributed by atoms with van der Waals surface area (Å²) in [4.78, 5) is 12.9. The zero-order valence-electron chi connectivity index (χ0n) is 18.0. The molecule has 9 heteroatoms. The molecule has 172 valence electrons. The van der Waals surface area contributed by atoms with E-state index in [9.17, 15) is 36.2 Å². The number of halogens is 6. The summed E-state index contributed by atoms with van der Waals surface area (Å²) in [6.07, 6.45) is -11.5. The molecule has 0 aromatic heterocycles. The van der Waals surface area contributed by atoms with Crippen LogP contribution in [-0.2, 0) is 10.4 Å². The van der Waals surface area contributed by atoms with E-state index < -0.39 is 40.3 Å². The van der Waals surface area contributed by atoms with Gasteiger partial charge in [-0.15, -0.1) is 0 Å². The molecule has 30 heavy (non-hydrogen) atoms. The first-order chi connectivity index (χ1) is 13.1. The van der Waals surface area contributed by atoms with Gasteiger partial charge in [0.15, 0.2) is 0 Å². The van der Waals surface area contributed by atoms with Gasteiger partial charge in [0.1, 0.15) is 5.75 Å². The third kappa shape index (κ3) is 5.10. The Hall–Kier alpha value is -1.77.